The van der Waals surface area contributed by atoms with Crippen LogP contribution in [0.25, 0.3) is 11.1 Å². The van der Waals surface area contributed by atoms with Gasteiger partial charge in [-0.05, 0) is 23.8 Å². The van der Waals surface area contributed by atoms with Crippen LogP contribution in [-0.4, -0.2) is 60.0 Å². The van der Waals surface area contributed by atoms with Crippen molar-refractivity contribution >= 4 is 29.1 Å². The maximum atomic E-state index is 13.7. The van der Waals surface area contributed by atoms with E-state index in [0.717, 1.165) is 22.5 Å². The first-order chi connectivity index (χ1) is 17.5. The summed E-state index contributed by atoms with van der Waals surface area (Å²) < 4.78 is 9.09. The van der Waals surface area contributed by atoms with Crippen molar-refractivity contribution in [3.8, 4) is 11.1 Å². The third-order valence-electron chi connectivity index (χ3n) is 6.30. The van der Waals surface area contributed by atoms with E-state index < -0.39 is 0 Å². The highest BCUT2D eigenvalue weighted by Crippen LogP contribution is 2.34. The summed E-state index contributed by atoms with van der Waals surface area (Å²) in [6.07, 6.45) is 6.86. The molecule has 5 rings (SSSR count). The summed E-state index contributed by atoms with van der Waals surface area (Å²) in [6.45, 7) is 1.07. The van der Waals surface area contributed by atoms with Crippen LogP contribution in [0.15, 0.2) is 55.1 Å². The third kappa shape index (κ3) is 4.58. The Balaban J connectivity index is 1.47. The van der Waals surface area contributed by atoms with Gasteiger partial charge in [-0.15, -0.1) is 0 Å². The zero-order valence-corrected chi connectivity index (χ0v) is 20.7. The molecule has 36 heavy (non-hydrogen) atoms. The maximum Gasteiger partial charge on any atom is 0.271 e. The Hall–Kier alpha value is -3.73. The first kappa shape index (κ1) is 24.0. The summed E-state index contributed by atoms with van der Waals surface area (Å²) in [5.74, 6) is 1.28. The van der Waals surface area contributed by atoms with Crippen molar-refractivity contribution in [2.45, 2.75) is 25.7 Å². The van der Waals surface area contributed by atoms with E-state index in [4.69, 9.17) is 16.3 Å². The van der Waals surface area contributed by atoms with E-state index in [1.54, 1.807) is 41.3 Å². The molecular formula is C25H26ClN7O3. The van der Waals surface area contributed by atoms with Gasteiger partial charge in [0, 0.05) is 63.0 Å². The van der Waals surface area contributed by atoms with Gasteiger partial charge in [0.05, 0.1) is 36.2 Å². The topological polar surface area (TPSA) is 110 Å². The lowest BCUT2D eigenvalue weighted by Crippen LogP contribution is -2.49. The van der Waals surface area contributed by atoms with Gasteiger partial charge in [0.2, 0.25) is 0 Å². The molecule has 0 aliphatic carbocycles. The number of carbonyl (C=O) groups excluding carboxylic acids is 1. The predicted molar refractivity (Wildman–Crippen MR) is 135 cm³/mol. The first-order valence-electron chi connectivity index (χ1n) is 11.4. The van der Waals surface area contributed by atoms with E-state index in [9.17, 15) is 9.90 Å². The molecule has 4 aromatic heterocycles. The molecule has 1 amide bonds. The van der Waals surface area contributed by atoms with Gasteiger partial charge in [0.15, 0.2) is 0 Å². The molecule has 4 aromatic rings. The Morgan fingerprint density at radius 3 is 2.86 bits per heavy atom. The summed E-state index contributed by atoms with van der Waals surface area (Å²) in [5, 5.41) is 17.6. The van der Waals surface area contributed by atoms with Gasteiger partial charge in [0.25, 0.3) is 5.91 Å². The molecule has 1 aliphatic heterocycles. The molecule has 10 nitrogen and oxygen atoms in total. The fourth-order valence-corrected chi connectivity index (χ4v) is 4.67. The number of halogens is 1. The van der Waals surface area contributed by atoms with Crippen LogP contribution in [0.2, 0.25) is 5.02 Å². The summed E-state index contributed by atoms with van der Waals surface area (Å²) >= 11 is 6.53. The number of aryl methyl sites for hydroxylation is 1. The number of fused-ring (bicyclic) bond motifs is 1. The lowest BCUT2D eigenvalue weighted by atomic mass is 10.1. The molecule has 0 fully saturated rings. The summed E-state index contributed by atoms with van der Waals surface area (Å²) in [6, 6.07) is 9.05. The molecule has 0 saturated carbocycles. The highest BCUT2D eigenvalue weighted by molar-refractivity contribution is 6.33. The monoisotopic (exact) mass is 507 g/mol. The Morgan fingerprint density at radius 1 is 1.25 bits per heavy atom. The van der Waals surface area contributed by atoms with Crippen LogP contribution in [-0.2, 0) is 31.5 Å². The highest BCUT2D eigenvalue weighted by Gasteiger charge is 2.33. The van der Waals surface area contributed by atoms with E-state index in [2.05, 4.69) is 20.4 Å². The molecule has 0 saturated heterocycles. The molecule has 186 valence electrons. The van der Waals surface area contributed by atoms with E-state index >= 15 is 0 Å². The minimum atomic E-state index is -0.191. The lowest BCUT2D eigenvalue weighted by molar-refractivity contribution is 0.0386. The van der Waals surface area contributed by atoms with Crippen LogP contribution >= 0.6 is 11.6 Å². The number of nitrogens with zero attached hydrogens (tertiary/aromatic N) is 6. The molecule has 5 heterocycles. The third-order valence-corrected chi connectivity index (χ3v) is 6.60. The molecule has 1 atom stereocenters. The number of hydrogen-bond acceptors (Lipinski definition) is 7. The minimum absolute atomic E-state index is 0.124. The second kappa shape index (κ2) is 10.1. The second-order valence-electron chi connectivity index (χ2n) is 8.59. The van der Waals surface area contributed by atoms with Gasteiger partial charge in [0.1, 0.15) is 17.3 Å². The molecule has 1 unspecified atom stereocenters. The van der Waals surface area contributed by atoms with Gasteiger partial charge < -0.3 is 24.6 Å². The van der Waals surface area contributed by atoms with Crippen LogP contribution in [0.1, 0.15) is 21.7 Å². The lowest BCUT2D eigenvalue weighted by Gasteiger charge is -2.36. The molecule has 11 heteroatoms. The van der Waals surface area contributed by atoms with Gasteiger partial charge in [-0.1, -0.05) is 17.7 Å². The smallest absolute Gasteiger partial charge is 0.271 e. The number of aliphatic hydroxyl groups is 1. The van der Waals surface area contributed by atoms with Crippen molar-refractivity contribution < 1.29 is 14.6 Å². The number of ether oxygens (including phenoxy) is 1. The largest absolute Gasteiger partial charge is 0.390 e. The zero-order chi connectivity index (χ0) is 25.2. The number of hydrogen-bond donors (Lipinski definition) is 2. The average molecular weight is 508 g/mol. The maximum absolute atomic E-state index is 13.7. The van der Waals surface area contributed by atoms with Crippen LogP contribution in [0.4, 0.5) is 11.6 Å². The molecule has 0 radical (unpaired) electrons. The van der Waals surface area contributed by atoms with Gasteiger partial charge in [-0.25, -0.2) is 4.98 Å². The molecule has 0 aromatic carbocycles. The van der Waals surface area contributed by atoms with Crippen LogP contribution in [0.3, 0.4) is 0 Å². The Labute approximate surface area is 213 Å². The number of aliphatic hydroxyl groups excluding tert-OH is 1. The van der Waals surface area contributed by atoms with Crippen molar-refractivity contribution in [3.63, 3.8) is 0 Å². The van der Waals surface area contributed by atoms with E-state index in [1.165, 1.54) is 0 Å². The first-order valence-corrected chi connectivity index (χ1v) is 11.8. The van der Waals surface area contributed by atoms with Crippen molar-refractivity contribution in [2.75, 3.05) is 19.0 Å². The van der Waals surface area contributed by atoms with Crippen LogP contribution < -0.4 is 5.32 Å². The fraction of sp³-hybridized carbons (Fsp3) is 0.280. The summed E-state index contributed by atoms with van der Waals surface area (Å²) in [7, 11) is 3.46. The van der Waals surface area contributed by atoms with E-state index in [1.807, 2.05) is 42.1 Å². The second-order valence-corrected chi connectivity index (χ2v) is 9.00. The SMILES string of the molecule is COCC1Cn2cc(-c3cc(Nc4ccnn4C)ncc3Cl)cc2C(=O)N1Cc1cccnc1CO. The number of nitrogens with one attached hydrogen (secondary N) is 1. The van der Waals surface area contributed by atoms with E-state index in [-0.39, 0.29) is 18.6 Å². The van der Waals surface area contributed by atoms with Gasteiger partial charge in [-0.3, -0.25) is 14.5 Å². The summed E-state index contributed by atoms with van der Waals surface area (Å²) in [5.41, 5.74) is 3.49. The van der Waals surface area contributed by atoms with Crippen molar-refractivity contribution in [2.24, 2.45) is 7.05 Å². The molecule has 2 N–H and O–H groups in total. The minimum Gasteiger partial charge on any atom is -0.390 e. The molecule has 1 aliphatic rings. The van der Waals surface area contributed by atoms with E-state index in [0.29, 0.717) is 41.9 Å². The van der Waals surface area contributed by atoms with Crippen LogP contribution in [0, 0.1) is 0 Å². The normalized spacial score (nSPS) is 15.3. The number of methoxy groups -OCH3 is 1. The molecular weight excluding hydrogens is 482 g/mol. The molecule has 0 bridgehead atoms. The Morgan fingerprint density at radius 2 is 2.11 bits per heavy atom. The van der Waals surface area contributed by atoms with Gasteiger partial charge in [-0.2, -0.15) is 5.10 Å². The van der Waals surface area contributed by atoms with Crippen molar-refractivity contribution in [3.05, 3.63) is 77.1 Å². The number of aromatic nitrogens is 5. The summed E-state index contributed by atoms with van der Waals surface area (Å²) in [4.78, 5) is 24.1. The fourth-order valence-electron chi connectivity index (χ4n) is 4.46. The number of carbonyl (C=O) groups is 1. The average Bonchev–Trinajstić information content (AvgIpc) is 3.49. The Bertz CT molecular complexity index is 1400. The number of rotatable bonds is 8. The van der Waals surface area contributed by atoms with Gasteiger partial charge >= 0.3 is 0 Å². The zero-order valence-electron chi connectivity index (χ0n) is 19.9. The highest BCUT2D eigenvalue weighted by atomic mass is 35.5. The quantitative estimate of drug-likeness (QED) is 0.376. The molecule has 0 spiro atoms. The Kier molecular flexibility index (Phi) is 6.73. The number of amides is 1. The number of anilines is 2. The standard InChI is InChI=1S/C25H26ClN7O3/c1-31-24(5-7-29-31)30-23-9-19(20(26)10-28-23)17-8-22-25(35)33(18(15-36-2)13-32(22)11-17)12-16-4-3-6-27-21(16)14-34/h3-11,18,34H,12-15H2,1-2H3,(H,28,30). The number of pyridine rings is 2. The van der Waals surface area contributed by atoms with Crippen LogP contribution in [0.5, 0.6) is 0 Å². The van der Waals surface area contributed by atoms with Crippen molar-refractivity contribution in [1.29, 1.82) is 0 Å². The van der Waals surface area contributed by atoms with Crippen molar-refractivity contribution in [1.82, 2.24) is 29.2 Å². The predicted octanol–water partition coefficient (Wildman–Crippen LogP) is 3.24.